The van der Waals surface area contributed by atoms with Gasteiger partial charge in [0.25, 0.3) is 10.1 Å². The Bertz CT molecular complexity index is 1250. The summed E-state index contributed by atoms with van der Waals surface area (Å²) in [7, 11) is -4.97. The van der Waals surface area contributed by atoms with Gasteiger partial charge in [-0.2, -0.15) is 8.42 Å². The Morgan fingerprint density at radius 2 is 0.726 bits per heavy atom. The Kier molecular flexibility index (Phi) is 42.8. The van der Waals surface area contributed by atoms with Gasteiger partial charge in [-0.05, 0) is 64.2 Å². The molecular weight excluding hydrogens is 817 g/mol. The summed E-state index contributed by atoms with van der Waals surface area (Å²) in [5.74, 6) is -3.00. The Labute approximate surface area is 375 Å². The molecule has 13 nitrogen and oxygen atoms in total. The first-order chi connectivity index (χ1) is 30.1. The molecule has 362 valence electrons. The van der Waals surface area contributed by atoms with E-state index in [1.807, 2.05) is 0 Å². The molecule has 0 bridgehead atoms. The third kappa shape index (κ3) is 42.5. The molecule has 0 fully saturated rings. The highest BCUT2D eigenvalue weighted by molar-refractivity contribution is 7.87. The van der Waals surface area contributed by atoms with Crippen molar-refractivity contribution >= 4 is 34.0 Å². The molecule has 0 spiro atoms. The molecule has 1 unspecified atom stereocenters. The van der Waals surface area contributed by atoms with E-state index in [9.17, 15) is 32.1 Å². The van der Waals surface area contributed by atoms with Gasteiger partial charge in [-0.1, -0.05) is 141 Å². The molecule has 0 saturated heterocycles. The first-order valence-electron chi connectivity index (χ1n) is 24.2. The van der Waals surface area contributed by atoms with Crippen molar-refractivity contribution in [1.82, 2.24) is 0 Å². The van der Waals surface area contributed by atoms with Gasteiger partial charge in [0, 0.05) is 12.8 Å². The van der Waals surface area contributed by atoms with Crippen molar-refractivity contribution in [2.24, 2.45) is 0 Å². The van der Waals surface area contributed by atoms with Crippen LogP contribution in [0.15, 0.2) is 24.3 Å². The first-order valence-corrected chi connectivity index (χ1v) is 25.7. The number of carbonyl (C=O) groups excluding carboxylic acids is 4. The summed E-state index contributed by atoms with van der Waals surface area (Å²) in [4.78, 5) is 48.4. The van der Waals surface area contributed by atoms with E-state index in [0.29, 0.717) is 12.8 Å². The predicted molar refractivity (Wildman–Crippen MR) is 244 cm³/mol. The lowest BCUT2D eigenvalue weighted by atomic mass is 10.1. The highest BCUT2D eigenvalue weighted by Crippen LogP contribution is 2.13. The molecule has 1 atom stereocenters. The first kappa shape index (κ1) is 59.2. The lowest BCUT2D eigenvalue weighted by Crippen LogP contribution is -2.35. The molecule has 0 heterocycles. The molecule has 0 saturated carbocycles. The minimum absolute atomic E-state index is 0.0182. The van der Waals surface area contributed by atoms with Crippen LogP contribution >= 0.6 is 0 Å². The van der Waals surface area contributed by atoms with Crippen LogP contribution in [-0.4, -0.2) is 95.0 Å². The van der Waals surface area contributed by atoms with Crippen LogP contribution in [0, 0.1) is 0 Å². The van der Waals surface area contributed by atoms with Crippen molar-refractivity contribution in [1.29, 1.82) is 0 Å². The summed E-state index contributed by atoms with van der Waals surface area (Å²) in [6.07, 6.45) is 39.6. The number of esters is 4. The van der Waals surface area contributed by atoms with Crippen LogP contribution in [0.25, 0.3) is 0 Å². The van der Waals surface area contributed by atoms with Gasteiger partial charge in [0.15, 0.2) is 5.25 Å². The second-order valence-corrected chi connectivity index (χ2v) is 17.5. The van der Waals surface area contributed by atoms with E-state index in [0.717, 1.165) is 77.0 Å². The number of carbonyl (C=O) groups is 4. The summed E-state index contributed by atoms with van der Waals surface area (Å²) >= 11 is 0. The second kappa shape index (κ2) is 44.8. The van der Waals surface area contributed by atoms with Gasteiger partial charge in [0.1, 0.15) is 26.4 Å². The summed E-state index contributed by atoms with van der Waals surface area (Å²) in [6, 6.07) is 0. The molecule has 0 rings (SSSR count). The molecule has 0 aromatic rings. The van der Waals surface area contributed by atoms with Gasteiger partial charge in [-0.15, -0.1) is 0 Å². The molecular formula is C48H86O13S. The number of rotatable bonds is 46. The fraction of sp³-hybridized carbons (Fsp3) is 0.833. The molecule has 14 heteroatoms. The number of hydrogen-bond donors (Lipinski definition) is 1. The Hall–Kier alpha value is -2.81. The van der Waals surface area contributed by atoms with Crippen molar-refractivity contribution in [3.63, 3.8) is 0 Å². The van der Waals surface area contributed by atoms with Crippen LogP contribution in [0.4, 0.5) is 0 Å². The van der Waals surface area contributed by atoms with Crippen LogP contribution in [0.5, 0.6) is 0 Å². The van der Waals surface area contributed by atoms with Gasteiger partial charge in [0.05, 0.1) is 32.8 Å². The van der Waals surface area contributed by atoms with E-state index in [4.69, 9.17) is 28.4 Å². The predicted octanol–water partition coefficient (Wildman–Crippen LogP) is 10.9. The molecule has 62 heavy (non-hydrogen) atoms. The largest absolute Gasteiger partial charge is 0.463 e. The van der Waals surface area contributed by atoms with Gasteiger partial charge >= 0.3 is 23.9 Å². The number of allylic oxidation sites excluding steroid dienone is 4. The summed E-state index contributed by atoms with van der Waals surface area (Å²) < 4.78 is 63.7. The molecule has 0 radical (unpaired) electrons. The van der Waals surface area contributed by atoms with Crippen LogP contribution in [-0.2, 0) is 57.7 Å². The summed E-state index contributed by atoms with van der Waals surface area (Å²) in [5, 5.41) is -2.17. The van der Waals surface area contributed by atoms with Crippen LogP contribution in [0.1, 0.15) is 200 Å². The number of ether oxygens (including phenoxy) is 6. The smallest absolute Gasteiger partial charge is 0.327 e. The highest BCUT2D eigenvalue weighted by atomic mass is 32.2. The van der Waals surface area contributed by atoms with Gasteiger partial charge < -0.3 is 28.4 Å². The maximum absolute atomic E-state index is 12.3. The maximum Gasteiger partial charge on any atom is 0.327 e. The highest BCUT2D eigenvalue weighted by Gasteiger charge is 2.35. The van der Waals surface area contributed by atoms with Crippen molar-refractivity contribution in [3.05, 3.63) is 24.3 Å². The van der Waals surface area contributed by atoms with Gasteiger partial charge in [0.2, 0.25) is 0 Å². The third-order valence-electron chi connectivity index (χ3n) is 10.2. The fourth-order valence-electron chi connectivity index (χ4n) is 6.49. The average Bonchev–Trinajstić information content (AvgIpc) is 3.24. The van der Waals surface area contributed by atoms with Crippen molar-refractivity contribution in [2.75, 3.05) is 52.9 Å². The quantitative estimate of drug-likeness (QED) is 0.0201. The fourth-order valence-corrected chi connectivity index (χ4v) is 7.14. The number of hydrogen-bond acceptors (Lipinski definition) is 12. The summed E-state index contributed by atoms with van der Waals surface area (Å²) in [6.45, 7) is 3.90. The Balaban J connectivity index is 3.80. The van der Waals surface area contributed by atoms with Crippen molar-refractivity contribution < 1.29 is 60.6 Å². The maximum atomic E-state index is 12.3. The lowest BCUT2D eigenvalue weighted by Gasteiger charge is -2.13. The lowest BCUT2D eigenvalue weighted by molar-refractivity contribution is -0.152. The zero-order valence-corrected chi connectivity index (χ0v) is 39.6. The molecule has 0 amide bonds. The van der Waals surface area contributed by atoms with Crippen molar-refractivity contribution in [3.8, 4) is 0 Å². The zero-order chi connectivity index (χ0) is 45.6. The van der Waals surface area contributed by atoms with E-state index in [1.54, 1.807) is 0 Å². The van der Waals surface area contributed by atoms with Crippen LogP contribution < -0.4 is 0 Å². The standard InChI is InChI=1S/C48H86O13S/c1-3-5-7-9-11-13-15-17-19-21-23-25-27-29-31-33-45(49)58-39-35-56-37-41-60-47(51)43-44(62(53,54)55)48(52)61-42-38-57-36-40-59-46(50)34-32-30-28-26-24-22-20-18-16-14-12-10-8-6-4-2/h17-20,44H,3-16,21-43H2,1-2H3,(H,53,54,55)/b19-17+,20-18+. The molecule has 0 aliphatic rings. The van der Waals surface area contributed by atoms with E-state index < -0.39 is 33.7 Å². The minimum Gasteiger partial charge on any atom is -0.463 e. The topological polar surface area (TPSA) is 178 Å². The molecule has 0 aliphatic heterocycles. The normalized spacial score (nSPS) is 12.2. The second-order valence-electron chi connectivity index (χ2n) is 15.9. The Morgan fingerprint density at radius 3 is 1.08 bits per heavy atom. The van der Waals surface area contributed by atoms with Crippen molar-refractivity contribution in [2.45, 2.75) is 205 Å². The minimum atomic E-state index is -4.97. The zero-order valence-electron chi connectivity index (χ0n) is 38.8. The monoisotopic (exact) mass is 903 g/mol. The van der Waals surface area contributed by atoms with Gasteiger partial charge in [-0.25, -0.2) is 0 Å². The molecule has 1 N–H and O–H groups in total. The van der Waals surface area contributed by atoms with E-state index >= 15 is 0 Å². The van der Waals surface area contributed by atoms with Crippen LogP contribution in [0.3, 0.4) is 0 Å². The summed E-state index contributed by atoms with van der Waals surface area (Å²) in [5.41, 5.74) is 0. The van der Waals surface area contributed by atoms with E-state index in [1.165, 1.54) is 89.9 Å². The van der Waals surface area contributed by atoms with E-state index in [-0.39, 0.29) is 64.8 Å². The molecule has 0 aromatic heterocycles. The molecule has 0 aliphatic carbocycles. The Morgan fingerprint density at radius 1 is 0.419 bits per heavy atom. The van der Waals surface area contributed by atoms with Crippen LogP contribution in [0.2, 0.25) is 0 Å². The SMILES string of the molecule is CCCCCCCC/C=C/CCCCCCCC(=O)OCCOCCOC(=O)CC(C(=O)OCCOCCOC(=O)CCCCCCC/C=C/CCCCCCCC)S(=O)(=O)O. The number of unbranched alkanes of at least 4 members (excludes halogenated alkanes) is 22. The average molecular weight is 903 g/mol. The van der Waals surface area contributed by atoms with E-state index in [2.05, 4.69) is 38.2 Å². The third-order valence-corrected chi connectivity index (χ3v) is 11.3. The van der Waals surface area contributed by atoms with Gasteiger partial charge in [-0.3, -0.25) is 23.7 Å². The molecule has 0 aromatic carbocycles.